The lowest BCUT2D eigenvalue weighted by molar-refractivity contribution is 0.0977. The summed E-state index contributed by atoms with van der Waals surface area (Å²) in [6.07, 6.45) is 4.83. The molecule has 0 radical (unpaired) electrons. The Morgan fingerprint density at radius 1 is 1.24 bits per heavy atom. The fraction of sp³-hybridized carbons (Fsp3) is 0.588. The van der Waals surface area contributed by atoms with E-state index in [1.54, 1.807) is 6.07 Å². The first-order chi connectivity index (χ1) is 10.2. The maximum Gasteiger partial charge on any atom is 0.166 e. The molecule has 0 fully saturated rings. The standard InChI is InChI=1S/C17H25BrO3/c1-3-5-8-15(19)13-9-10-16(21-12-6-11-18)14(7-4-2)17(13)20/h9-10,20H,3-8,11-12H2,1-2H3. The van der Waals surface area contributed by atoms with Crippen LogP contribution in [0.1, 0.15) is 61.9 Å². The van der Waals surface area contributed by atoms with Gasteiger partial charge in [0, 0.05) is 17.3 Å². The van der Waals surface area contributed by atoms with Gasteiger partial charge in [-0.15, -0.1) is 0 Å². The van der Waals surface area contributed by atoms with Crippen molar-refractivity contribution < 1.29 is 14.6 Å². The number of phenolic OH excluding ortho intramolecular Hbond substituents is 1. The number of aromatic hydroxyl groups is 1. The lowest BCUT2D eigenvalue weighted by Gasteiger charge is -2.15. The van der Waals surface area contributed by atoms with Crippen molar-refractivity contribution in [2.45, 2.75) is 52.4 Å². The van der Waals surface area contributed by atoms with E-state index < -0.39 is 0 Å². The highest BCUT2D eigenvalue weighted by Gasteiger charge is 2.17. The number of alkyl halides is 1. The highest BCUT2D eigenvalue weighted by atomic mass is 79.9. The Balaban J connectivity index is 2.98. The first-order valence-corrected chi connectivity index (χ1v) is 8.84. The predicted molar refractivity (Wildman–Crippen MR) is 89.9 cm³/mol. The summed E-state index contributed by atoms with van der Waals surface area (Å²) in [5.41, 5.74) is 1.19. The van der Waals surface area contributed by atoms with Gasteiger partial charge in [-0.2, -0.15) is 0 Å². The third-order valence-electron chi connectivity index (χ3n) is 3.33. The molecule has 0 aromatic heterocycles. The molecule has 21 heavy (non-hydrogen) atoms. The van der Waals surface area contributed by atoms with Crippen molar-refractivity contribution in [3.05, 3.63) is 23.3 Å². The Hall–Kier alpha value is -1.03. The molecule has 0 spiro atoms. The van der Waals surface area contributed by atoms with Gasteiger partial charge in [-0.3, -0.25) is 4.79 Å². The van der Waals surface area contributed by atoms with Crippen LogP contribution in [0.2, 0.25) is 0 Å². The number of hydrogen-bond donors (Lipinski definition) is 1. The molecular formula is C17H25BrO3. The topological polar surface area (TPSA) is 46.5 Å². The number of ketones is 1. The molecule has 1 N–H and O–H groups in total. The number of benzene rings is 1. The van der Waals surface area contributed by atoms with Gasteiger partial charge >= 0.3 is 0 Å². The fourth-order valence-corrected chi connectivity index (χ4v) is 2.41. The number of phenols is 1. The molecule has 1 rings (SSSR count). The van der Waals surface area contributed by atoms with Gasteiger partial charge in [0.1, 0.15) is 11.5 Å². The summed E-state index contributed by atoms with van der Waals surface area (Å²) in [6.45, 7) is 4.70. The van der Waals surface area contributed by atoms with E-state index in [9.17, 15) is 9.90 Å². The normalized spacial score (nSPS) is 10.6. The molecule has 1 aromatic rings. The number of halogens is 1. The van der Waals surface area contributed by atoms with E-state index in [4.69, 9.17) is 4.74 Å². The van der Waals surface area contributed by atoms with Crippen molar-refractivity contribution in [2.75, 3.05) is 11.9 Å². The second-order valence-electron chi connectivity index (χ2n) is 5.11. The zero-order chi connectivity index (χ0) is 15.7. The lowest BCUT2D eigenvalue weighted by atomic mass is 9.98. The maximum atomic E-state index is 12.1. The van der Waals surface area contributed by atoms with E-state index in [1.807, 2.05) is 13.0 Å². The summed E-state index contributed by atoms with van der Waals surface area (Å²) >= 11 is 3.37. The largest absolute Gasteiger partial charge is 0.507 e. The molecule has 0 saturated heterocycles. The molecule has 0 amide bonds. The maximum absolute atomic E-state index is 12.1. The Morgan fingerprint density at radius 3 is 2.62 bits per heavy atom. The molecule has 3 nitrogen and oxygen atoms in total. The van der Waals surface area contributed by atoms with Crippen LogP contribution >= 0.6 is 15.9 Å². The highest BCUT2D eigenvalue weighted by molar-refractivity contribution is 9.09. The van der Waals surface area contributed by atoms with Gasteiger partial charge in [0.15, 0.2) is 5.78 Å². The molecule has 0 unspecified atom stereocenters. The van der Waals surface area contributed by atoms with Gasteiger partial charge in [-0.05, 0) is 31.4 Å². The zero-order valence-electron chi connectivity index (χ0n) is 13.0. The Morgan fingerprint density at radius 2 is 2.00 bits per heavy atom. The van der Waals surface area contributed by atoms with E-state index in [-0.39, 0.29) is 11.5 Å². The molecule has 118 valence electrons. The van der Waals surface area contributed by atoms with Crippen LogP contribution < -0.4 is 4.74 Å². The second kappa shape index (κ2) is 9.82. The Kier molecular flexibility index (Phi) is 8.43. The monoisotopic (exact) mass is 356 g/mol. The summed E-state index contributed by atoms with van der Waals surface area (Å²) in [6, 6.07) is 3.51. The van der Waals surface area contributed by atoms with E-state index >= 15 is 0 Å². The molecule has 0 bridgehead atoms. The summed E-state index contributed by atoms with van der Waals surface area (Å²) in [5.74, 6) is 0.815. The van der Waals surface area contributed by atoms with Crippen LogP contribution in [0.25, 0.3) is 0 Å². The summed E-state index contributed by atoms with van der Waals surface area (Å²) in [7, 11) is 0. The van der Waals surface area contributed by atoms with Crippen molar-refractivity contribution in [1.82, 2.24) is 0 Å². The summed E-state index contributed by atoms with van der Waals surface area (Å²) in [4.78, 5) is 12.1. The van der Waals surface area contributed by atoms with E-state index in [2.05, 4.69) is 22.9 Å². The number of unbranched alkanes of at least 4 members (excludes halogenated alkanes) is 1. The van der Waals surface area contributed by atoms with Gasteiger partial charge in [0.05, 0.1) is 12.2 Å². The molecule has 0 atom stereocenters. The first-order valence-electron chi connectivity index (χ1n) is 7.72. The van der Waals surface area contributed by atoms with Crippen LogP contribution in [0.15, 0.2) is 12.1 Å². The zero-order valence-corrected chi connectivity index (χ0v) is 14.5. The second-order valence-corrected chi connectivity index (χ2v) is 5.90. The van der Waals surface area contributed by atoms with Crippen LogP contribution in [-0.2, 0) is 6.42 Å². The molecule has 0 aliphatic heterocycles. The van der Waals surface area contributed by atoms with Crippen molar-refractivity contribution in [3.63, 3.8) is 0 Å². The van der Waals surface area contributed by atoms with Crippen LogP contribution in [-0.4, -0.2) is 22.8 Å². The molecule has 0 aliphatic rings. The SMILES string of the molecule is CCCCC(=O)c1ccc(OCCCBr)c(CCC)c1O. The minimum Gasteiger partial charge on any atom is -0.507 e. The molecular weight excluding hydrogens is 332 g/mol. The average Bonchev–Trinajstić information content (AvgIpc) is 2.48. The molecule has 0 saturated carbocycles. The van der Waals surface area contributed by atoms with Gasteiger partial charge in [-0.25, -0.2) is 0 Å². The Bertz CT molecular complexity index is 458. The number of rotatable bonds is 10. The van der Waals surface area contributed by atoms with Gasteiger partial charge in [0.2, 0.25) is 0 Å². The fourth-order valence-electron chi connectivity index (χ4n) is 2.18. The number of carbonyl (C=O) groups excluding carboxylic acids is 1. The van der Waals surface area contributed by atoms with E-state index in [1.165, 1.54) is 0 Å². The molecule has 4 heteroatoms. The summed E-state index contributed by atoms with van der Waals surface area (Å²) in [5, 5.41) is 11.3. The van der Waals surface area contributed by atoms with E-state index in [0.717, 1.165) is 36.6 Å². The molecule has 0 heterocycles. The smallest absolute Gasteiger partial charge is 0.166 e. The van der Waals surface area contributed by atoms with Crippen molar-refractivity contribution in [1.29, 1.82) is 0 Å². The third-order valence-corrected chi connectivity index (χ3v) is 3.89. The predicted octanol–water partition coefficient (Wildman–Crippen LogP) is 4.88. The third kappa shape index (κ3) is 5.34. The lowest BCUT2D eigenvalue weighted by Crippen LogP contribution is -2.05. The first kappa shape index (κ1) is 18.0. The number of Topliss-reactive ketones (excluding diaryl/α,β-unsaturated/α-hetero) is 1. The van der Waals surface area contributed by atoms with Gasteiger partial charge in [0.25, 0.3) is 0 Å². The number of hydrogen-bond acceptors (Lipinski definition) is 3. The van der Waals surface area contributed by atoms with Crippen molar-refractivity contribution in [3.8, 4) is 11.5 Å². The minimum absolute atomic E-state index is 0.0127. The average molecular weight is 357 g/mol. The van der Waals surface area contributed by atoms with Crippen LogP contribution in [0.5, 0.6) is 11.5 Å². The molecule has 1 aromatic carbocycles. The minimum atomic E-state index is 0.0127. The quantitative estimate of drug-likeness (QED) is 0.369. The molecule has 0 aliphatic carbocycles. The number of ether oxygens (including phenoxy) is 1. The van der Waals surface area contributed by atoms with Gasteiger partial charge in [-0.1, -0.05) is 42.6 Å². The van der Waals surface area contributed by atoms with Gasteiger partial charge < -0.3 is 9.84 Å². The Labute approximate surface area is 135 Å². The van der Waals surface area contributed by atoms with Crippen LogP contribution in [0.4, 0.5) is 0 Å². The van der Waals surface area contributed by atoms with Crippen molar-refractivity contribution >= 4 is 21.7 Å². The number of carbonyl (C=O) groups is 1. The van der Waals surface area contributed by atoms with E-state index in [0.29, 0.717) is 30.8 Å². The highest BCUT2D eigenvalue weighted by Crippen LogP contribution is 2.33. The van der Waals surface area contributed by atoms with Crippen LogP contribution in [0.3, 0.4) is 0 Å². The summed E-state index contributed by atoms with van der Waals surface area (Å²) < 4.78 is 5.73. The van der Waals surface area contributed by atoms with Crippen molar-refractivity contribution in [2.24, 2.45) is 0 Å². The van der Waals surface area contributed by atoms with Crippen LogP contribution in [0, 0.1) is 0 Å².